The average Bonchev–Trinajstić information content (AvgIpc) is 2.37. The fraction of sp³-hybridized carbons (Fsp3) is 0.538. The predicted octanol–water partition coefficient (Wildman–Crippen LogP) is 1.51. The Morgan fingerprint density at radius 1 is 1.28 bits per heavy atom. The van der Waals surface area contributed by atoms with E-state index in [1.54, 1.807) is 24.5 Å². The maximum absolute atomic E-state index is 5.49. The molecule has 0 saturated carbocycles. The third-order valence-electron chi connectivity index (χ3n) is 2.60. The zero-order valence-corrected chi connectivity index (χ0v) is 12.1. The largest absolute Gasteiger partial charge is 0.330 e. The Balaban J connectivity index is 2.40. The van der Waals surface area contributed by atoms with Gasteiger partial charge in [0, 0.05) is 12.6 Å². The Bertz CT molecular complexity index is 336. The van der Waals surface area contributed by atoms with Crippen molar-refractivity contribution in [2.75, 3.05) is 27.2 Å². The van der Waals surface area contributed by atoms with Crippen LogP contribution in [0, 0.1) is 0 Å². The van der Waals surface area contributed by atoms with Gasteiger partial charge in [0.15, 0.2) is 5.69 Å². The summed E-state index contributed by atoms with van der Waals surface area (Å²) in [6, 6.07) is 8.26. The molecule has 0 amide bonds. The van der Waals surface area contributed by atoms with Gasteiger partial charge in [-0.15, -0.1) is 0 Å². The molecule has 0 aliphatic heterocycles. The number of nitrogens with two attached hydrogens (primary N) is 2. The summed E-state index contributed by atoms with van der Waals surface area (Å²) < 4.78 is 2.26. The number of rotatable bonds is 9. The van der Waals surface area contributed by atoms with Crippen LogP contribution in [0.1, 0.15) is 19.3 Å². The van der Waals surface area contributed by atoms with Gasteiger partial charge in [-0.3, -0.25) is 0 Å². The quantitative estimate of drug-likeness (QED) is 0.309. The minimum absolute atomic E-state index is 0.794. The molecule has 1 aromatic carbocycles. The summed E-state index contributed by atoms with van der Waals surface area (Å²) in [6.45, 7) is 1.87. The second kappa shape index (κ2) is 9.35. The molecule has 0 aliphatic carbocycles. The fourth-order valence-corrected chi connectivity index (χ4v) is 2.57. The van der Waals surface area contributed by atoms with Crippen LogP contribution in [0.3, 0.4) is 0 Å². The molecule has 4 N–H and O–H groups in total. The number of hydrogen-bond donors (Lipinski definition) is 2. The first-order valence-electron chi connectivity index (χ1n) is 6.32. The maximum atomic E-state index is 5.49. The zero-order valence-electron chi connectivity index (χ0n) is 11.3. The summed E-state index contributed by atoms with van der Waals surface area (Å²) >= 11 is 1.76. The molecule has 0 fully saturated rings. The van der Waals surface area contributed by atoms with E-state index in [1.807, 2.05) is 6.07 Å². The Morgan fingerprint density at radius 3 is 2.78 bits per heavy atom. The molecule has 4 nitrogen and oxygen atoms in total. The van der Waals surface area contributed by atoms with Gasteiger partial charge in [0.2, 0.25) is 0 Å². The van der Waals surface area contributed by atoms with Crippen molar-refractivity contribution in [3.63, 3.8) is 0 Å². The Hall–Kier alpha value is -0.590. The second-order valence-electron chi connectivity index (χ2n) is 4.18. The highest BCUT2D eigenvalue weighted by molar-refractivity contribution is 7.97. The van der Waals surface area contributed by atoms with E-state index < -0.39 is 0 Å². The molecule has 0 saturated heterocycles. The lowest BCUT2D eigenvalue weighted by Crippen LogP contribution is -2.76. The fourth-order valence-electron chi connectivity index (χ4n) is 1.66. The highest BCUT2D eigenvalue weighted by atomic mass is 32.2. The first-order chi connectivity index (χ1) is 8.77. The lowest BCUT2D eigenvalue weighted by atomic mass is 10.2. The van der Waals surface area contributed by atoms with Gasteiger partial charge in [-0.1, -0.05) is 18.6 Å². The van der Waals surface area contributed by atoms with E-state index in [-0.39, 0.29) is 0 Å². The lowest BCUT2D eigenvalue weighted by molar-refractivity contribution is -0.831. The molecule has 0 atom stereocenters. The number of benzene rings is 1. The van der Waals surface area contributed by atoms with Crippen molar-refractivity contribution >= 4 is 17.6 Å². The van der Waals surface area contributed by atoms with Crippen LogP contribution < -0.4 is 11.2 Å². The van der Waals surface area contributed by atoms with Gasteiger partial charge < -0.3 is 5.73 Å². The number of unbranched alkanes of at least 4 members (excludes halogenated alkanes) is 2. The van der Waals surface area contributed by atoms with E-state index in [0.29, 0.717) is 0 Å². The van der Waals surface area contributed by atoms with Crippen LogP contribution in [-0.2, 0) is 4.84 Å². The summed E-state index contributed by atoms with van der Waals surface area (Å²) in [5.41, 5.74) is 8.39. The van der Waals surface area contributed by atoms with E-state index in [1.165, 1.54) is 17.7 Å². The Labute approximate surface area is 114 Å². The smallest absolute Gasteiger partial charge is 0.176 e. The topological polar surface area (TPSA) is 55.1 Å². The molecule has 18 heavy (non-hydrogen) atoms. The normalized spacial score (nSPS) is 11.1. The van der Waals surface area contributed by atoms with Crippen LogP contribution in [0.25, 0.3) is 0 Å². The molecule has 0 unspecified atom stereocenters. The van der Waals surface area contributed by atoms with Gasteiger partial charge in [-0.2, -0.15) is 5.48 Å². The summed E-state index contributed by atoms with van der Waals surface area (Å²) in [5.74, 6) is 0. The monoisotopic (exact) mass is 270 g/mol. The van der Waals surface area contributed by atoms with Crippen molar-refractivity contribution in [2.24, 2.45) is 5.73 Å². The summed E-state index contributed by atoms with van der Waals surface area (Å²) in [5, 5.41) is 0. The van der Waals surface area contributed by atoms with E-state index in [9.17, 15) is 0 Å². The molecule has 0 bridgehead atoms. The summed E-state index contributed by atoms with van der Waals surface area (Å²) in [7, 11) is 3.80. The first-order valence-corrected chi connectivity index (χ1v) is 7.09. The molecular formula is C13H24N3OS+. The molecule has 1 rings (SSSR count). The van der Waals surface area contributed by atoms with Gasteiger partial charge in [0.1, 0.15) is 0 Å². The van der Waals surface area contributed by atoms with Crippen LogP contribution in [0.15, 0.2) is 29.2 Å². The van der Waals surface area contributed by atoms with E-state index in [2.05, 4.69) is 29.6 Å². The van der Waals surface area contributed by atoms with Crippen molar-refractivity contribution in [1.82, 2.24) is 4.31 Å². The molecule has 0 spiro atoms. The maximum Gasteiger partial charge on any atom is 0.176 e. The molecular weight excluding hydrogens is 246 g/mol. The minimum atomic E-state index is 0.794. The van der Waals surface area contributed by atoms with Crippen molar-refractivity contribution in [2.45, 2.75) is 24.2 Å². The van der Waals surface area contributed by atoms with Crippen molar-refractivity contribution < 1.29 is 10.3 Å². The van der Waals surface area contributed by atoms with Gasteiger partial charge in [0.25, 0.3) is 0 Å². The lowest BCUT2D eigenvalue weighted by Gasteiger charge is -2.15. The summed E-state index contributed by atoms with van der Waals surface area (Å²) in [6.07, 6.45) is 3.51. The van der Waals surface area contributed by atoms with Crippen LogP contribution in [0.4, 0.5) is 5.69 Å². The molecule has 1 aromatic rings. The van der Waals surface area contributed by atoms with Crippen LogP contribution in [0.2, 0.25) is 0 Å². The molecule has 0 radical (unpaired) electrons. The summed E-state index contributed by atoms with van der Waals surface area (Å²) in [4.78, 5) is 6.32. The molecule has 0 aromatic heterocycles. The molecule has 0 heterocycles. The Kier molecular flexibility index (Phi) is 8.04. The molecule has 102 valence electrons. The predicted molar refractivity (Wildman–Crippen MR) is 76.4 cm³/mol. The Morgan fingerprint density at radius 2 is 2.06 bits per heavy atom. The average molecular weight is 270 g/mol. The van der Waals surface area contributed by atoms with Crippen LogP contribution in [-0.4, -0.2) is 31.6 Å². The SMILES string of the molecule is CO[NH2+]c1ccccc1SN(C)CCCCCN. The van der Waals surface area contributed by atoms with Gasteiger partial charge >= 0.3 is 0 Å². The van der Waals surface area contributed by atoms with Crippen LogP contribution in [0.5, 0.6) is 0 Å². The zero-order chi connectivity index (χ0) is 13.2. The number of hydrogen-bond acceptors (Lipinski definition) is 4. The van der Waals surface area contributed by atoms with Gasteiger partial charge in [-0.25, -0.2) is 9.14 Å². The third kappa shape index (κ3) is 5.84. The first kappa shape index (κ1) is 15.5. The molecule has 5 heteroatoms. The van der Waals surface area contributed by atoms with Crippen molar-refractivity contribution in [3.8, 4) is 0 Å². The molecule has 0 aliphatic rings. The highest BCUT2D eigenvalue weighted by Crippen LogP contribution is 2.26. The minimum Gasteiger partial charge on any atom is -0.330 e. The van der Waals surface area contributed by atoms with Gasteiger partial charge in [-0.05, 0) is 44.4 Å². The van der Waals surface area contributed by atoms with E-state index in [4.69, 9.17) is 10.6 Å². The third-order valence-corrected chi connectivity index (χ3v) is 3.66. The number of nitrogens with zero attached hydrogens (tertiary/aromatic N) is 1. The van der Waals surface area contributed by atoms with E-state index in [0.717, 1.165) is 25.2 Å². The number of quaternary nitrogens is 1. The van der Waals surface area contributed by atoms with E-state index >= 15 is 0 Å². The van der Waals surface area contributed by atoms with Gasteiger partial charge in [0.05, 0.1) is 12.0 Å². The van der Waals surface area contributed by atoms with Crippen molar-refractivity contribution in [3.05, 3.63) is 24.3 Å². The van der Waals surface area contributed by atoms with Crippen molar-refractivity contribution in [1.29, 1.82) is 0 Å². The highest BCUT2D eigenvalue weighted by Gasteiger charge is 2.09. The standard InChI is InChI=1S/C13H23N3OS/c1-16(11-7-3-6-10-14)18-13-9-5-4-8-12(13)15-17-2/h4-5,8-9,15H,3,6-7,10-11,14H2,1-2H3/p+1. The van der Waals surface area contributed by atoms with Crippen LogP contribution >= 0.6 is 11.9 Å². The second-order valence-corrected chi connectivity index (χ2v) is 5.43.